The maximum absolute atomic E-state index is 11.3. The van der Waals surface area contributed by atoms with Crippen molar-refractivity contribution in [3.8, 4) is 0 Å². The summed E-state index contributed by atoms with van der Waals surface area (Å²) < 4.78 is 15.1. The molecule has 1 rings (SSSR count). The van der Waals surface area contributed by atoms with Gasteiger partial charge in [0.2, 0.25) is 0 Å². The molecule has 4 nitrogen and oxygen atoms in total. The zero-order valence-electron chi connectivity index (χ0n) is 10.8. The molecule has 0 aromatic heterocycles. The molecule has 4 heteroatoms. The third-order valence-electron chi connectivity index (χ3n) is 2.32. The van der Waals surface area contributed by atoms with Gasteiger partial charge in [0.1, 0.15) is 13.4 Å². The highest BCUT2D eigenvalue weighted by Crippen LogP contribution is 2.01. The zero-order chi connectivity index (χ0) is 13.1. The molecule has 0 aliphatic rings. The summed E-state index contributed by atoms with van der Waals surface area (Å²) in [6.45, 7) is 1.46. The molecule has 0 N–H and O–H groups in total. The largest absolute Gasteiger partial charge is 0.377 e. The fraction of sp³-hybridized carbons (Fsp3) is 0.500. The molecule has 1 aromatic rings. The molecule has 1 aromatic carbocycles. The number of carbonyl (C=O) groups is 1. The number of hydrogen-bond acceptors (Lipinski definition) is 4. The number of hydrogen-bond donors (Lipinski definition) is 0. The summed E-state index contributed by atoms with van der Waals surface area (Å²) in [5, 5.41) is 0. The van der Waals surface area contributed by atoms with Crippen LogP contribution in [0.1, 0.15) is 18.4 Å². The first-order chi connectivity index (χ1) is 8.83. The standard InChI is InChI=1S/C14H20O4/c1-16-12-18-11-14(15)8-5-9-17-10-13-6-3-2-4-7-13/h2-4,6-7H,5,8-12H2,1H3. The van der Waals surface area contributed by atoms with Crippen LogP contribution < -0.4 is 0 Å². The maximum atomic E-state index is 11.3. The second-order valence-corrected chi connectivity index (χ2v) is 3.94. The number of carbonyl (C=O) groups excluding carboxylic acids is 1. The summed E-state index contributed by atoms with van der Waals surface area (Å²) in [5.74, 6) is 0.0790. The summed E-state index contributed by atoms with van der Waals surface area (Å²) in [4.78, 5) is 11.3. The van der Waals surface area contributed by atoms with Crippen LogP contribution in [-0.4, -0.2) is 32.9 Å². The number of benzene rings is 1. The quantitative estimate of drug-likeness (QED) is 0.473. The van der Waals surface area contributed by atoms with Crippen molar-refractivity contribution in [1.29, 1.82) is 0 Å². The van der Waals surface area contributed by atoms with Crippen molar-refractivity contribution in [2.24, 2.45) is 0 Å². The van der Waals surface area contributed by atoms with E-state index in [4.69, 9.17) is 9.47 Å². The summed E-state index contributed by atoms with van der Waals surface area (Å²) in [6, 6.07) is 9.97. The summed E-state index contributed by atoms with van der Waals surface area (Å²) in [5.41, 5.74) is 1.15. The molecule has 0 spiro atoms. The van der Waals surface area contributed by atoms with Gasteiger partial charge in [0.25, 0.3) is 0 Å². The zero-order valence-corrected chi connectivity index (χ0v) is 10.8. The van der Waals surface area contributed by atoms with Crippen molar-refractivity contribution in [2.75, 3.05) is 27.1 Å². The lowest BCUT2D eigenvalue weighted by molar-refractivity contribution is -0.128. The van der Waals surface area contributed by atoms with Gasteiger partial charge < -0.3 is 14.2 Å². The Bertz CT molecular complexity index is 324. The molecule has 18 heavy (non-hydrogen) atoms. The smallest absolute Gasteiger partial charge is 0.158 e. The molecule has 0 aliphatic heterocycles. The molecular weight excluding hydrogens is 232 g/mol. The lowest BCUT2D eigenvalue weighted by atomic mass is 10.2. The van der Waals surface area contributed by atoms with Gasteiger partial charge in [-0.1, -0.05) is 30.3 Å². The van der Waals surface area contributed by atoms with Crippen LogP contribution in [0, 0.1) is 0 Å². The molecule has 100 valence electrons. The second-order valence-electron chi connectivity index (χ2n) is 3.94. The van der Waals surface area contributed by atoms with Crippen LogP contribution >= 0.6 is 0 Å². The van der Waals surface area contributed by atoms with Crippen molar-refractivity contribution in [1.82, 2.24) is 0 Å². The molecule has 0 aliphatic carbocycles. The van der Waals surface area contributed by atoms with Gasteiger partial charge in [-0.25, -0.2) is 0 Å². The number of methoxy groups -OCH3 is 1. The Morgan fingerprint density at radius 1 is 1.17 bits per heavy atom. The fourth-order valence-electron chi connectivity index (χ4n) is 1.45. The Morgan fingerprint density at radius 3 is 2.67 bits per heavy atom. The van der Waals surface area contributed by atoms with E-state index in [0.29, 0.717) is 19.6 Å². The van der Waals surface area contributed by atoms with Crippen LogP contribution in [-0.2, 0) is 25.6 Å². The number of rotatable bonds is 10. The molecule has 0 atom stereocenters. The first kappa shape index (κ1) is 14.8. The predicted octanol–water partition coefficient (Wildman–Crippen LogP) is 2.17. The number of ketones is 1. The van der Waals surface area contributed by atoms with Crippen LogP contribution in [0.2, 0.25) is 0 Å². The molecule has 0 amide bonds. The van der Waals surface area contributed by atoms with E-state index in [0.717, 1.165) is 12.0 Å². The van der Waals surface area contributed by atoms with Crippen molar-refractivity contribution < 1.29 is 19.0 Å². The summed E-state index contributed by atoms with van der Waals surface area (Å²) in [7, 11) is 1.53. The first-order valence-corrected chi connectivity index (χ1v) is 6.03. The SMILES string of the molecule is COCOCC(=O)CCCOCc1ccccc1. The summed E-state index contributed by atoms with van der Waals surface area (Å²) >= 11 is 0. The lowest BCUT2D eigenvalue weighted by Crippen LogP contribution is -2.11. The van der Waals surface area contributed by atoms with E-state index in [1.807, 2.05) is 30.3 Å². The number of ether oxygens (including phenoxy) is 3. The van der Waals surface area contributed by atoms with Crippen LogP contribution in [0.25, 0.3) is 0 Å². The molecule has 0 saturated carbocycles. The minimum Gasteiger partial charge on any atom is -0.377 e. The van der Waals surface area contributed by atoms with E-state index >= 15 is 0 Å². The van der Waals surface area contributed by atoms with Crippen molar-refractivity contribution in [2.45, 2.75) is 19.4 Å². The van der Waals surface area contributed by atoms with Crippen LogP contribution in [0.5, 0.6) is 0 Å². The average Bonchev–Trinajstić information content (AvgIpc) is 2.40. The minimum absolute atomic E-state index is 0.0790. The first-order valence-electron chi connectivity index (χ1n) is 6.03. The normalized spacial score (nSPS) is 10.5. The van der Waals surface area contributed by atoms with Gasteiger partial charge in [-0.2, -0.15) is 0 Å². The van der Waals surface area contributed by atoms with E-state index in [9.17, 15) is 4.79 Å². The lowest BCUT2D eigenvalue weighted by Gasteiger charge is -2.04. The Hall–Kier alpha value is -1.23. The fourth-order valence-corrected chi connectivity index (χ4v) is 1.45. The van der Waals surface area contributed by atoms with E-state index in [-0.39, 0.29) is 19.2 Å². The molecule has 0 fully saturated rings. The van der Waals surface area contributed by atoms with Crippen LogP contribution in [0.15, 0.2) is 30.3 Å². The van der Waals surface area contributed by atoms with Gasteiger partial charge in [0.15, 0.2) is 5.78 Å². The molecule has 0 unspecified atom stereocenters. The molecule has 0 heterocycles. The van der Waals surface area contributed by atoms with Gasteiger partial charge in [-0.3, -0.25) is 4.79 Å². The third kappa shape index (κ3) is 7.17. The Morgan fingerprint density at radius 2 is 1.94 bits per heavy atom. The van der Waals surface area contributed by atoms with Gasteiger partial charge in [-0.05, 0) is 12.0 Å². The highest BCUT2D eigenvalue weighted by Gasteiger charge is 2.01. The highest BCUT2D eigenvalue weighted by molar-refractivity contribution is 5.79. The monoisotopic (exact) mass is 252 g/mol. The van der Waals surface area contributed by atoms with Crippen molar-refractivity contribution >= 4 is 5.78 Å². The Labute approximate surface area is 108 Å². The number of Topliss-reactive ketones (excluding diaryl/α,β-unsaturated/α-hetero) is 1. The van der Waals surface area contributed by atoms with Gasteiger partial charge in [0, 0.05) is 20.1 Å². The molecule has 0 bridgehead atoms. The van der Waals surface area contributed by atoms with E-state index in [1.165, 1.54) is 7.11 Å². The van der Waals surface area contributed by atoms with Crippen LogP contribution in [0.3, 0.4) is 0 Å². The topological polar surface area (TPSA) is 44.8 Å². The predicted molar refractivity (Wildman–Crippen MR) is 68.2 cm³/mol. The Kier molecular flexibility index (Phi) is 8.04. The van der Waals surface area contributed by atoms with E-state index < -0.39 is 0 Å². The molecule has 0 radical (unpaired) electrons. The van der Waals surface area contributed by atoms with Crippen molar-refractivity contribution in [3.63, 3.8) is 0 Å². The minimum atomic E-state index is 0.0790. The molecule has 0 saturated heterocycles. The Balaban J connectivity index is 1.97. The second kappa shape index (κ2) is 9.76. The maximum Gasteiger partial charge on any atom is 0.158 e. The van der Waals surface area contributed by atoms with Gasteiger partial charge in [0.05, 0.1) is 6.61 Å². The van der Waals surface area contributed by atoms with Gasteiger partial charge in [-0.15, -0.1) is 0 Å². The van der Waals surface area contributed by atoms with E-state index in [2.05, 4.69) is 4.74 Å². The van der Waals surface area contributed by atoms with Crippen LogP contribution in [0.4, 0.5) is 0 Å². The van der Waals surface area contributed by atoms with Crippen molar-refractivity contribution in [3.05, 3.63) is 35.9 Å². The van der Waals surface area contributed by atoms with E-state index in [1.54, 1.807) is 0 Å². The molecular formula is C14H20O4. The average molecular weight is 252 g/mol. The third-order valence-corrected chi connectivity index (χ3v) is 2.32. The highest BCUT2D eigenvalue weighted by atomic mass is 16.7. The van der Waals surface area contributed by atoms with Gasteiger partial charge >= 0.3 is 0 Å². The summed E-state index contributed by atoms with van der Waals surface area (Å²) in [6.07, 6.45) is 1.21.